The number of phenols is 1. The van der Waals surface area contributed by atoms with Crippen molar-refractivity contribution in [2.24, 2.45) is 17.3 Å². The number of hydrogen-bond acceptors (Lipinski definition) is 4. The van der Waals surface area contributed by atoms with Crippen LogP contribution in [-0.4, -0.2) is 20.7 Å². The van der Waals surface area contributed by atoms with Crippen molar-refractivity contribution < 1.29 is 15.0 Å². The average Bonchev–Trinajstić information content (AvgIpc) is 2.77. The molecule has 0 unspecified atom stereocenters. The Morgan fingerprint density at radius 3 is 2.62 bits per heavy atom. The number of para-hydroxylation sites is 1. The van der Waals surface area contributed by atoms with Crippen LogP contribution >= 0.6 is 15.9 Å². The predicted molar refractivity (Wildman–Crippen MR) is 94.0 cm³/mol. The molecule has 24 heavy (non-hydrogen) atoms. The van der Waals surface area contributed by atoms with Crippen molar-refractivity contribution in [2.45, 2.75) is 6.92 Å². The molecule has 2 N–H and O–H groups in total. The van der Waals surface area contributed by atoms with Crippen LogP contribution in [0, 0.1) is 6.92 Å². The second-order valence-corrected chi connectivity index (χ2v) is 6.25. The maximum absolute atomic E-state index is 12.1. The molecule has 1 aromatic heterocycles. The molecule has 0 bridgehead atoms. The molecule has 3 rings (SSSR count). The Hall–Kier alpha value is -2.67. The summed E-state index contributed by atoms with van der Waals surface area (Å²) in [5.74, 6) is -0.941. The third-order valence-electron chi connectivity index (χ3n) is 3.70. The standard InChI is InChI=1S/C17H14BrN3O3/c1-9-7-11-14(17(24)21(2)15(11)12(18)8-9)19-20-16(23)10-5-3-4-6-13(10)22/h3-8,22,24H,1-2H3. The van der Waals surface area contributed by atoms with Crippen molar-refractivity contribution in [1.29, 1.82) is 0 Å². The fourth-order valence-corrected chi connectivity index (χ4v) is 3.38. The lowest BCUT2D eigenvalue weighted by Gasteiger charge is -2.01. The lowest BCUT2D eigenvalue weighted by atomic mass is 10.1. The van der Waals surface area contributed by atoms with Crippen LogP contribution in [0.2, 0.25) is 0 Å². The lowest BCUT2D eigenvalue weighted by Crippen LogP contribution is -1.93. The first-order valence-corrected chi connectivity index (χ1v) is 7.91. The van der Waals surface area contributed by atoms with E-state index in [0.29, 0.717) is 5.39 Å². The van der Waals surface area contributed by atoms with E-state index in [2.05, 4.69) is 26.2 Å². The lowest BCUT2D eigenvalue weighted by molar-refractivity contribution is 0.0992. The third-order valence-corrected chi connectivity index (χ3v) is 4.31. The SMILES string of the molecule is Cc1cc(Br)c2c(c1)c(N=NC(=O)c1ccccc1O)c(O)n2C. The third kappa shape index (κ3) is 2.67. The Kier molecular flexibility index (Phi) is 4.11. The van der Waals surface area contributed by atoms with Gasteiger partial charge in [0, 0.05) is 16.9 Å². The van der Waals surface area contributed by atoms with Crippen LogP contribution in [0.15, 0.2) is 51.1 Å². The quantitative estimate of drug-likeness (QED) is 0.630. The maximum atomic E-state index is 12.1. The van der Waals surface area contributed by atoms with Gasteiger partial charge in [0.15, 0.2) is 5.69 Å². The number of halogens is 1. The van der Waals surface area contributed by atoms with Crippen molar-refractivity contribution in [1.82, 2.24) is 4.57 Å². The fourth-order valence-electron chi connectivity index (χ4n) is 2.54. The molecule has 1 amide bonds. The fraction of sp³-hybridized carbons (Fsp3) is 0.118. The molecular formula is C17H14BrN3O3. The maximum Gasteiger partial charge on any atom is 0.299 e. The number of azo groups is 1. The predicted octanol–water partition coefficient (Wildman–Crippen LogP) is 4.58. The van der Waals surface area contributed by atoms with Gasteiger partial charge >= 0.3 is 0 Å². The minimum absolute atomic E-state index is 0.0540. The molecule has 0 radical (unpaired) electrons. The first kappa shape index (κ1) is 16.2. The Morgan fingerprint density at radius 2 is 1.92 bits per heavy atom. The van der Waals surface area contributed by atoms with Crippen molar-refractivity contribution in [3.05, 3.63) is 52.0 Å². The summed E-state index contributed by atoms with van der Waals surface area (Å²) in [6, 6.07) is 9.88. The largest absolute Gasteiger partial charge is 0.507 e. The first-order chi connectivity index (χ1) is 11.4. The average molecular weight is 388 g/mol. The van der Waals surface area contributed by atoms with Gasteiger partial charge in [-0.3, -0.25) is 4.79 Å². The van der Waals surface area contributed by atoms with Crippen LogP contribution in [0.5, 0.6) is 11.6 Å². The number of carbonyl (C=O) groups excluding carboxylic acids is 1. The van der Waals surface area contributed by atoms with Crippen LogP contribution in [0.1, 0.15) is 15.9 Å². The van der Waals surface area contributed by atoms with E-state index in [1.807, 2.05) is 19.1 Å². The number of aryl methyl sites for hydroxylation is 2. The molecule has 3 aromatic rings. The molecular weight excluding hydrogens is 374 g/mol. The number of benzene rings is 2. The van der Waals surface area contributed by atoms with Gasteiger partial charge in [-0.05, 0) is 52.7 Å². The van der Waals surface area contributed by atoms with E-state index in [0.717, 1.165) is 15.6 Å². The minimum Gasteiger partial charge on any atom is -0.507 e. The molecule has 6 nitrogen and oxygen atoms in total. The summed E-state index contributed by atoms with van der Waals surface area (Å²) in [7, 11) is 1.70. The van der Waals surface area contributed by atoms with Gasteiger partial charge in [0.05, 0.1) is 11.1 Å². The molecule has 0 aliphatic heterocycles. The summed E-state index contributed by atoms with van der Waals surface area (Å²) in [6.45, 7) is 1.92. The highest BCUT2D eigenvalue weighted by Crippen LogP contribution is 2.41. The zero-order valence-corrected chi connectivity index (χ0v) is 14.6. The van der Waals surface area contributed by atoms with Crippen molar-refractivity contribution in [2.75, 3.05) is 0 Å². The van der Waals surface area contributed by atoms with E-state index in [9.17, 15) is 15.0 Å². The number of nitrogens with zero attached hydrogens (tertiary/aromatic N) is 3. The highest BCUT2D eigenvalue weighted by molar-refractivity contribution is 9.10. The van der Waals surface area contributed by atoms with Gasteiger partial charge in [-0.25, -0.2) is 0 Å². The molecule has 1 heterocycles. The Balaban J connectivity index is 2.09. The van der Waals surface area contributed by atoms with Crippen LogP contribution in [0.25, 0.3) is 10.9 Å². The van der Waals surface area contributed by atoms with Crippen molar-refractivity contribution in [3.8, 4) is 11.6 Å². The minimum atomic E-state index is -0.684. The van der Waals surface area contributed by atoms with Crippen LogP contribution in [0.3, 0.4) is 0 Å². The number of rotatable bonds is 2. The van der Waals surface area contributed by atoms with Crippen LogP contribution < -0.4 is 0 Å². The molecule has 0 aliphatic rings. The number of carbonyl (C=O) groups is 1. The zero-order chi connectivity index (χ0) is 17.4. The Labute approximate surface area is 146 Å². The first-order valence-electron chi connectivity index (χ1n) is 7.11. The molecule has 0 atom stereocenters. The zero-order valence-electron chi connectivity index (χ0n) is 13.0. The van der Waals surface area contributed by atoms with E-state index in [1.165, 1.54) is 12.1 Å². The molecule has 0 saturated carbocycles. The normalized spacial score (nSPS) is 11.5. The molecule has 0 saturated heterocycles. The topological polar surface area (TPSA) is 87.2 Å². The van der Waals surface area contributed by atoms with Gasteiger partial charge < -0.3 is 14.8 Å². The Bertz CT molecular complexity index is 992. The number of amides is 1. The monoisotopic (exact) mass is 387 g/mol. The van der Waals surface area contributed by atoms with E-state index in [1.54, 1.807) is 23.7 Å². The number of hydrogen-bond donors (Lipinski definition) is 2. The second-order valence-electron chi connectivity index (χ2n) is 5.40. The summed E-state index contributed by atoms with van der Waals surface area (Å²) in [4.78, 5) is 12.1. The summed E-state index contributed by atoms with van der Waals surface area (Å²) in [5, 5.41) is 28.3. The van der Waals surface area contributed by atoms with Gasteiger partial charge in [0.2, 0.25) is 5.88 Å². The van der Waals surface area contributed by atoms with Crippen molar-refractivity contribution >= 4 is 38.4 Å². The summed E-state index contributed by atoms with van der Waals surface area (Å²) in [5.41, 5.74) is 1.99. The van der Waals surface area contributed by atoms with Gasteiger partial charge in [-0.15, -0.1) is 10.2 Å². The molecule has 7 heteroatoms. The van der Waals surface area contributed by atoms with E-state index in [-0.39, 0.29) is 22.9 Å². The summed E-state index contributed by atoms with van der Waals surface area (Å²) < 4.78 is 2.38. The number of phenolic OH excluding ortho intramolecular Hbond substituents is 1. The van der Waals surface area contributed by atoms with Crippen LogP contribution in [0.4, 0.5) is 5.69 Å². The Morgan fingerprint density at radius 1 is 1.21 bits per heavy atom. The van der Waals surface area contributed by atoms with Gasteiger partial charge in [-0.1, -0.05) is 12.1 Å². The number of fused-ring (bicyclic) bond motifs is 1. The number of aromatic nitrogens is 1. The molecule has 122 valence electrons. The summed E-state index contributed by atoms with van der Waals surface area (Å²) in [6.07, 6.45) is 0. The highest BCUT2D eigenvalue weighted by atomic mass is 79.9. The second kappa shape index (κ2) is 6.09. The summed E-state index contributed by atoms with van der Waals surface area (Å²) >= 11 is 3.47. The van der Waals surface area contributed by atoms with Gasteiger partial charge in [0.1, 0.15) is 5.75 Å². The van der Waals surface area contributed by atoms with E-state index >= 15 is 0 Å². The van der Waals surface area contributed by atoms with E-state index in [4.69, 9.17) is 0 Å². The highest BCUT2D eigenvalue weighted by Gasteiger charge is 2.18. The molecule has 0 aliphatic carbocycles. The smallest absolute Gasteiger partial charge is 0.299 e. The van der Waals surface area contributed by atoms with Gasteiger partial charge in [-0.2, -0.15) is 0 Å². The van der Waals surface area contributed by atoms with Crippen molar-refractivity contribution in [3.63, 3.8) is 0 Å². The molecule has 2 aromatic carbocycles. The molecule has 0 spiro atoms. The van der Waals surface area contributed by atoms with Crippen LogP contribution in [-0.2, 0) is 7.05 Å². The number of aromatic hydroxyl groups is 2. The van der Waals surface area contributed by atoms with Gasteiger partial charge in [0.25, 0.3) is 5.91 Å². The van der Waals surface area contributed by atoms with E-state index < -0.39 is 5.91 Å². The molecule has 0 fully saturated rings.